The van der Waals surface area contributed by atoms with Crippen LogP contribution in [0, 0.1) is 5.92 Å². The molecule has 3 aromatic rings. The highest BCUT2D eigenvalue weighted by atomic mass is 16.6. The Balaban J connectivity index is 0.000000230. The van der Waals surface area contributed by atoms with Crippen LogP contribution >= 0.6 is 0 Å². The summed E-state index contributed by atoms with van der Waals surface area (Å²) in [5.74, 6) is -1.70. The second-order valence-electron chi connectivity index (χ2n) is 8.78. The predicted octanol–water partition coefficient (Wildman–Crippen LogP) is -2.47. The third-order valence-corrected chi connectivity index (χ3v) is 5.71. The van der Waals surface area contributed by atoms with Crippen LogP contribution in [0.2, 0.25) is 0 Å². The molecule has 18 heteroatoms. The number of aromatic nitrogens is 7. The topological polar surface area (TPSA) is 266 Å². The molecule has 1 fully saturated rings. The number of aliphatic hydroxyl groups is 3. The number of rotatable bonds is 10. The highest BCUT2D eigenvalue weighted by Gasteiger charge is 2.44. The van der Waals surface area contributed by atoms with E-state index in [9.17, 15) is 24.6 Å². The van der Waals surface area contributed by atoms with E-state index in [0.29, 0.717) is 24.1 Å². The maximum absolute atomic E-state index is 11.0. The van der Waals surface area contributed by atoms with E-state index >= 15 is 0 Å². The molecule has 0 spiro atoms. The van der Waals surface area contributed by atoms with Gasteiger partial charge in [0, 0.05) is 26.3 Å². The minimum atomic E-state index is -1.27. The van der Waals surface area contributed by atoms with Gasteiger partial charge in [0.05, 0.1) is 32.3 Å². The molecule has 0 saturated carbocycles. The van der Waals surface area contributed by atoms with Crippen LogP contribution in [0.3, 0.4) is 0 Å². The number of hydrogen-bond acceptors (Lipinski definition) is 15. The summed E-state index contributed by atoms with van der Waals surface area (Å²) in [5, 5.41) is 31.8. The Hall–Kier alpha value is -4.26. The highest BCUT2D eigenvalue weighted by Crippen LogP contribution is 2.28. The lowest BCUT2D eigenvalue weighted by atomic mass is 10.1. The van der Waals surface area contributed by atoms with Crippen molar-refractivity contribution in [1.29, 1.82) is 0 Å². The Morgan fingerprint density at radius 3 is 2.30 bits per heavy atom. The molecule has 0 bridgehead atoms. The van der Waals surface area contributed by atoms with Gasteiger partial charge in [0.15, 0.2) is 11.9 Å². The molecule has 4 rings (SSSR count). The number of hydrogen-bond donors (Lipinski definition) is 5. The maximum atomic E-state index is 11.0. The second kappa shape index (κ2) is 13.7. The molecule has 0 aromatic carbocycles. The summed E-state index contributed by atoms with van der Waals surface area (Å²) in [6.45, 7) is 3.18. The molecule has 0 unspecified atom stereocenters. The summed E-state index contributed by atoms with van der Waals surface area (Å²) in [7, 11) is 0. The third-order valence-electron chi connectivity index (χ3n) is 5.71. The number of amides is 1. The van der Waals surface area contributed by atoms with Crippen LogP contribution in [0.25, 0.3) is 11.2 Å². The molecular weight excluding hydrogens is 534 g/mol. The number of ether oxygens (including phenoxy) is 3. The molecule has 1 aliphatic heterocycles. The van der Waals surface area contributed by atoms with Crippen LogP contribution in [0.15, 0.2) is 18.9 Å². The van der Waals surface area contributed by atoms with Gasteiger partial charge in [-0.2, -0.15) is 4.98 Å². The number of anilines is 1. The van der Waals surface area contributed by atoms with Crippen molar-refractivity contribution in [2.24, 2.45) is 11.7 Å². The standard InChI is InChI=1S/C14H19N5O4.C8H12N4O5/c1-9(20)22-6-11(7-23-10(2)21)3-4-19-8-17-12-5-16-14(15)18-13(12)19;9-6(16)7-10-2-12(11-7)8-5(15)4(14)3(1-13)17-8/h5,8,11H,3-4,6-7H2,1-2H3,(H2,15,16,18);2-5,8,13-15H,1H2,(H2,9,16)/t;3-,4-,5-,8-/m.1/s1. The summed E-state index contributed by atoms with van der Waals surface area (Å²) in [6.07, 6.45) is 0.563. The van der Waals surface area contributed by atoms with Crippen LogP contribution in [0.1, 0.15) is 37.1 Å². The number of carbonyl (C=O) groups excluding carboxylic acids is 3. The van der Waals surface area contributed by atoms with Crippen molar-refractivity contribution < 1.29 is 43.9 Å². The van der Waals surface area contributed by atoms with Crippen molar-refractivity contribution in [2.75, 3.05) is 25.6 Å². The van der Waals surface area contributed by atoms with Gasteiger partial charge >= 0.3 is 11.9 Å². The van der Waals surface area contributed by atoms with E-state index < -0.39 is 37.1 Å². The van der Waals surface area contributed by atoms with E-state index in [1.54, 1.807) is 12.5 Å². The quantitative estimate of drug-likeness (QED) is 0.159. The van der Waals surface area contributed by atoms with Gasteiger partial charge in [-0.1, -0.05) is 0 Å². The number of nitrogen functional groups attached to an aromatic ring is 1. The van der Waals surface area contributed by atoms with E-state index in [1.165, 1.54) is 13.8 Å². The average Bonchev–Trinajstić information content (AvgIpc) is 3.62. The lowest BCUT2D eigenvalue weighted by Gasteiger charge is -2.16. The molecule has 1 amide bonds. The largest absolute Gasteiger partial charge is 0.465 e. The van der Waals surface area contributed by atoms with Crippen molar-refractivity contribution in [2.45, 2.75) is 51.4 Å². The van der Waals surface area contributed by atoms with Crippen molar-refractivity contribution in [1.82, 2.24) is 34.3 Å². The van der Waals surface area contributed by atoms with Gasteiger partial charge in [0.1, 0.15) is 30.2 Å². The Bertz CT molecular complexity index is 1300. The molecule has 0 radical (unpaired) electrons. The number of imidazole rings is 1. The van der Waals surface area contributed by atoms with Crippen LogP contribution in [-0.2, 0) is 30.3 Å². The van der Waals surface area contributed by atoms with Gasteiger partial charge < -0.3 is 45.6 Å². The molecule has 4 heterocycles. The summed E-state index contributed by atoms with van der Waals surface area (Å²) >= 11 is 0. The van der Waals surface area contributed by atoms with Crippen LogP contribution in [-0.4, -0.2) is 106 Å². The second-order valence-corrected chi connectivity index (χ2v) is 8.78. The average molecular weight is 566 g/mol. The Labute approximate surface area is 226 Å². The maximum Gasteiger partial charge on any atom is 0.302 e. The third kappa shape index (κ3) is 7.88. The van der Waals surface area contributed by atoms with E-state index in [4.69, 9.17) is 30.8 Å². The van der Waals surface area contributed by atoms with E-state index in [-0.39, 0.29) is 42.8 Å². The van der Waals surface area contributed by atoms with E-state index in [2.05, 4.69) is 25.0 Å². The van der Waals surface area contributed by atoms with Gasteiger partial charge in [-0.05, 0) is 6.42 Å². The zero-order chi connectivity index (χ0) is 29.4. The van der Waals surface area contributed by atoms with Crippen LogP contribution in [0.5, 0.6) is 0 Å². The van der Waals surface area contributed by atoms with Gasteiger partial charge in [-0.3, -0.25) is 14.4 Å². The lowest BCUT2D eigenvalue weighted by Crippen LogP contribution is -2.33. The SMILES string of the molecule is CC(=O)OCC(CCn1cnc2cnc(N)nc21)COC(C)=O.NC(=O)c1ncn([C@@H]2O[C@H](CO)[C@@H](O)[C@H]2O)n1. The first-order valence-corrected chi connectivity index (χ1v) is 12.0. The Morgan fingerprint density at radius 2 is 1.75 bits per heavy atom. The van der Waals surface area contributed by atoms with Crippen molar-refractivity contribution in [3.63, 3.8) is 0 Å². The zero-order valence-electron chi connectivity index (χ0n) is 21.7. The summed E-state index contributed by atoms with van der Waals surface area (Å²) < 4.78 is 18.1. The van der Waals surface area contributed by atoms with Crippen LogP contribution < -0.4 is 11.5 Å². The lowest BCUT2D eigenvalue weighted by molar-refractivity contribution is -0.146. The number of aliphatic hydroxyl groups excluding tert-OH is 3. The number of primary amides is 1. The summed E-state index contributed by atoms with van der Waals surface area (Å²) in [4.78, 5) is 48.6. The number of nitrogens with two attached hydrogens (primary N) is 2. The number of esters is 2. The molecule has 40 heavy (non-hydrogen) atoms. The summed E-state index contributed by atoms with van der Waals surface area (Å²) in [5.41, 5.74) is 11.8. The Kier molecular flexibility index (Phi) is 10.4. The van der Waals surface area contributed by atoms with Crippen LogP contribution in [0.4, 0.5) is 5.95 Å². The molecule has 18 nitrogen and oxygen atoms in total. The molecule has 218 valence electrons. The van der Waals surface area contributed by atoms with Gasteiger partial charge in [0.25, 0.3) is 5.91 Å². The minimum absolute atomic E-state index is 0.112. The molecule has 4 atom stereocenters. The molecule has 1 aliphatic rings. The molecular formula is C22H31N9O9. The van der Waals surface area contributed by atoms with Gasteiger partial charge in [-0.25, -0.2) is 19.6 Å². The minimum Gasteiger partial charge on any atom is -0.465 e. The molecule has 0 aliphatic carbocycles. The fourth-order valence-electron chi connectivity index (χ4n) is 3.65. The van der Waals surface area contributed by atoms with E-state index in [0.717, 1.165) is 11.0 Å². The monoisotopic (exact) mass is 565 g/mol. The number of carbonyl (C=O) groups is 3. The van der Waals surface area contributed by atoms with Crippen molar-refractivity contribution in [3.05, 3.63) is 24.7 Å². The van der Waals surface area contributed by atoms with Gasteiger partial charge in [-0.15, -0.1) is 5.10 Å². The Morgan fingerprint density at radius 1 is 1.07 bits per heavy atom. The predicted molar refractivity (Wildman–Crippen MR) is 133 cm³/mol. The zero-order valence-corrected chi connectivity index (χ0v) is 21.7. The molecule has 1 saturated heterocycles. The van der Waals surface area contributed by atoms with Crippen molar-refractivity contribution >= 4 is 35.0 Å². The smallest absolute Gasteiger partial charge is 0.302 e. The van der Waals surface area contributed by atoms with E-state index in [1.807, 2.05) is 4.57 Å². The van der Waals surface area contributed by atoms with Gasteiger partial charge in [0.2, 0.25) is 11.8 Å². The first-order chi connectivity index (χ1) is 19.0. The van der Waals surface area contributed by atoms with Crippen molar-refractivity contribution in [3.8, 4) is 0 Å². The fraction of sp³-hybridized carbons (Fsp3) is 0.545. The molecule has 3 aromatic heterocycles. The normalized spacial score (nSPS) is 20.2. The first-order valence-electron chi connectivity index (χ1n) is 12.0. The number of aryl methyl sites for hydroxylation is 1. The number of fused-ring (bicyclic) bond motifs is 1. The molecule has 7 N–H and O–H groups in total. The first kappa shape index (κ1) is 30.3. The highest BCUT2D eigenvalue weighted by molar-refractivity contribution is 5.88. The summed E-state index contributed by atoms with van der Waals surface area (Å²) in [6, 6.07) is 0. The fourth-order valence-corrected chi connectivity index (χ4v) is 3.65. The number of nitrogens with zero attached hydrogens (tertiary/aromatic N) is 7.